The second kappa shape index (κ2) is 6.58. The average Bonchev–Trinajstić information content (AvgIpc) is 2.47. The lowest BCUT2D eigenvalue weighted by Crippen LogP contribution is -2.07. The van der Waals surface area contributed by atoms with E-state index < -0.39 is 0 Å². The molecule has 0 unspecified atom stereocenters. The molecule has 0 aliphatic carbocycles. The normalized spacial score (nSPS) is 10.3. The SMILES string of the molecule is CCc1ccccc1C(=O)Cc1cc(Cl)ccc1OC. The molecular weight excluding hydrogens is 272 g/mol. The maximum Gasteiger partial charge on any atom is 0.167 e. The molecule has 20 heavy (non-hydrogen) atoms. The van der Waals surface area contributed by atoms with Gasteiger partial charge < -0.3 is 4.74 Å². The predicted octanol–water partition coefficient (Wildman–Crippen LogP) is 4.34. The van der Waals surface area contributed by atoms with Crippen molar-refractivity contribution >= 4 is 17.4 Å². The summed E-state index contributed by atoms with van der Waals surface area (Å²) in [6.07, 6.45) is 1.13. The van der Waals surface area contributed by atoms with Gasteiger partial charge in [0.05, 0.1) is 7.11 Å². The van der Waals surface area contributed by atoms with Crippen molar-refractivity contribution in [3.05, 3.63) is 64.2 Å². The van der Waals surface area contributed by atoms with E-state index in [-0.39, 0.29) is 5.78 Å². The van der Waals surface area contributed by atoms with Gasteiger partial charge in [-0.1, -0.05) is 42.8 Å². The third kappa shape index (κ3) is 3.20. The molecule has 2 aromatic carbocycles. The summed E-state index contributed by atoms with van der Waals surface area (Å²) in [5.41, 5.74) is 2.66. The minimum absolute atomic E-state index is 0.0861. The van der Waals surface area contributed by atoms with Crippen LogP contribution in [0.15, 0.2) is 42.5 Å². The number of halogens is 1. The lowest BCUT2D eigenvalue weighted by atomic mass is 9.97. The first-order chi connectivity index (χ1) is 9.65. The molecule has 0 amide bonds. The molecule has 0 radical (unpaired) electrons. The van der Waals surface area contributed by atoms with Gasteiger partial charge in [-0.2, -0.15) is 0 Å². The average molecular weight is 289 g/mol. The third-order valence-electron chi connectivity index (χ3n) is 3.29. The van der Waals surface area contributed by atoms with Crippen molar-refractivity contribution in [2.75, 3.05) is 7.11 Å². The first-order valence-corrected chi connectivity index (χ1v) is 6.97. The second-order valence-electron chi connectivity index (χ2n) is 4.57. The quantitative estimate of drug-likeness (QED) is 0.765. The van der Waals surface area contributed by atoms with E-state index in [0.29, 0.717) is 17.2 Å². The van der Waals surface area contributed by atoms with E-state index in [4.69, 9.17) is 16.3 Å². The van der Waals surface area contributed by atoms with Crippen LogP contribution in [0.25, 0.3) is 0 Å². The van der Waals surface area contributed by atoms with Gasteiger partial charge in [-0.3, -0.25) is 4.79 Å². The van der Waals surface area contributed by atoms with E-state index >= 15 is 0 Å². The Morgan fingerprint density at radius 2 is 1.90 bits per heavy atom. The van der Waals surface area contributed by atoms with Gasteiger partial charge in [0.25, 0.3) is 0 Å². The molecule has 0 aromatic heterocycles. The fraction of sp³-hybridized carbons (Fsp3) is 0.235. The number of rotatable bonds is 5. The molecule has 2 aromatic rings. The minimum atomic E-state index is 0.0861. The van der Waals surface area contributed by atoms with E-state index in [0.717, 1.165) is 23.1 Å². The van der Waals surface area contributed by atoms with Gasteiger partial charge in [0.2, 0.25) is 0 Å². The van der Waals surface area contributed by atoms with Gasteiger partial charge in [-0.25, -0.2) is 0 Å². The van der Waals surface area contributed by atoms with Crippen molar-refractivity contribution in [3.63, 3.8) is 0 Å². The number of aryl methyl sites for hydroxylation is 1. The fourth-order valence-corrected chi connectivity index (χ4v) is 2.45. The molecule has 0 bridgehead atoms. The maximum absolute atomic E-state index is 12.5. The largest absolute Gasteiger partial charge is 0.496 e. The molecule has 0 heterocycles. The number of hydrogen-bond donors (Lipinski definition) is 0. The zero-order valence-corrected chi connectivity index (χ0v) is 12.4. The third-order valence-corrected chi connectivity index (χ3v) is 3.53. The molecule has 3 heteroatoms. The van der Waals surface area contributed by atoms with Crippen LogP contribution in [0.1, 0.15) is 28.4 Å². The first kappa shape index (κ1) is 14.6. The summed E-state index contributed by atoms with van der Waals surface area (Å²) in [6, 6.07) is 13.0. The zero-order valence-electron chi connectivity index (χ0n) is 11.7. The van der Waals surface area contributed by atoms with E-state index in [2.05, 4.69) is 0 Å². The van der Waals surface area contributed by atoms with Crippen LogP contribution < -0.4 is 4.74 Å². The molecule has 0 aliphatic rings. The van der Waals surface area contributed by atoms with Gasteiger partial charge >= 0.3 is 0 Å². The Kier molecular flexibility index (Phi) is 4.80. The molecule has 2 rings (SSSR count). The van der Waals surface area contributed by atoms with Crippen LogP contribution in [0.4, 0.5) is 0 Å². The van der Waals surface area contributed by atoms with Gasteiger partial charge in [-0.05, 0) is 30.2 Å². The van der Waals surface area contributed by atoms with Crippen molar-refractivity contribution in [1.29, 1.82) is 0 Å². The number of ketones is 1. The van der Waals surface area contributed by atoms with Crippen LogP contribution in [0.5, 0.6) is 5.75 Å². The van der Waals surface area contributed by atoms with Crippen molar-refractivity contribution in [2.45, 2.75) is 19.8 Å². The molecule has 0 N–H and O–H groups in total. The number of carbonyl (C=O) groups excluding carboxylic acids is 1. The highest BCUT2D eigenvalue weighted by Gasteiger charge is 2.13. The molecular formula is C17H17ClO2. The lowest BCUT2D eigenvalue weighted by molar-refractivity contribution is 0.0991. The summed E-state index contributed by atoms with van der Waals surface area (Å²) >= 11 is 5.99. The van der Waals surface area contributed by atoms with Crippen LogP contribution in [0, 0.1) is 0 Å². The maximum atomic E-state index is 12.5. The molecule has 0 aliphatic heterocycles. The summed E-state index contributed by atoms with van der Waals surface area (Å²) in [4.78, 5) is 12.5. The highest BCUT2D eigenvalue weighted by atomic mass is 35.5. The first-order valence-electron chi connectivity index (χ1n) is 6.59. The van der Waals surface area contributed by atoms with Crippen LogP contribution in [-0.4, -0.2) is 12.9 Å². The van der Waals surface area contributed by atoms with E-state index in [1.165, 1.54) is 0 Å². The smallest absolute Gasteiger partial charge is 0.167 e. The Morgan fingerprint density at radius 1 is 1.15 bits per heavy atom. The highest BCUT2D eigenvalue weighted by molar-refractivity contribution is 6.30. The topological polar surface area (TPSA) is 26.3 Å². The lowest BCUT2D eigenvalue weighted by Gasteiger charge is -2.10. The summed E-state index contributed by atoms with van der Waals surface area (Å²) in [5, 5.41) is 0.609. The number of carbonyl (C=O) groups is 1. The number of hydrogen-bond acceptors (Lipinski definition) is 2. The molecule has 0 spiro atoms. The zero-order chi connectivity index (χ0) is 14.5. The minimum Gasteiger partial charge on any atom is -0.496 e. The Labute approximate surface area is 124 Å². The van der Waals surface area contributed by atoms with Crippen LogP contribution >= 0.6 is 11.6 Å². The van der Waals surface area contributed by atoms with E-state index in [1.54, 1.807) is 25.3 Å². The monoisotopic (exact) mass is 288 g/mol. The Bertz CT molecular complexity index is 620. The van der Waals surface area contributed by atoms with E-state index in [9.17, 15) is 4.79 Å². The van der Waals surface area contributed by atoms with Crippen LogP contribution in [-0.2, 0) is 12.8 Å². The predicted molar refractivity (Wildman–Crippen MR) is 81.9 cm³/mol. The summed E-state index contributed by atoms with van der Waals surface area (Å²) in [5.74, 6) is 0.778. The van der Waals surface area contributed by atoms with Gasteiger partial charge in [0.1, 0.15) is 5.75 Å². The van der Waals surface area contributed by atoms with Crippen molar-refractivity contribution < 1.29 is 9.53 Å². The summed E-state index contributed by atoms with van der Waals surface area (Å²) in [6.45, 7) is 2.05. The molecule has 0 fully saturated rings. The molecule has 2 nitrogen and oxygen atoms in total. The molecule has 0 saturated heterocycles. The Hall–Kier alpha value is -1.80. The van der Waals surface area contributed by atoms with Gasteiger partial charge in [0.15, 0.2) is 5.78 Å². The molecule has 0 saturated carbocycles. The Morgan fingerprint density at radius 3 is 2.60 bits per heavy atom. The van der Waals surface area contributed by atoms with Gasteiger partial charge in [-0.15, -0.1) is 0 Å². The van der Waals surface area contributed by atoms with Crippen LogP contribution in [0.3, 0.4) is 0 Å². The number of ether oxygens (including phenoxy) is 1. The van der Waals surface area contributed by atoms with Crippen molar-refractivity contribution in [3.8, 4) is 5.75 Å². The number of Topliss-reactive ketones (excluding diaryl/α,β-unsaturated/α-hetero) is 1. The van der Waals surface area contributed by atoms with E-state index in [1.807, 2.05) is 31.2 Å². The number of methoxy groups -OCH3 is 1. The van der Waals surface area contributed by atoms with Gasteiger partial charge in [0, 0.05) is 22.6 Å². The summed E-state index contributed by atoms with van der Waals surface area (Å²) < 4.78 is 5.28. The standard InChI is InChI=1S/C17H17ClO2/c1-3-12-6-4-5-7-15(12)16(19)11-13-10-14(18)8-9-17(13)20-2/h4-10H,3,11H2,1-2H3. The molecule has 0 atom stereocenters. The number of benzene rings is 2. The van der Waals surface area contributed by atoms with Crippen molar-refractivity contribution in [1.82, 2.24) is 0 Å². The Balaban J connectivity index is 2.30. The second-order valence-corrected chi connectivity index (χ2v) is 5.00. The highest BCUT2D eigenvalue weighted by Crippen LogP contribution is 2.24. The fourth-order valence-electron chi connectivity index (χ4n) is 2.25. The van der Waals surface area contributed by atoms with Crippen LogP contribution in [0.2, 0.25) is 5.02 Å². The summed E-state index contributed by atoms with van der Waals surface area (Å²) in [7, 11) is 1.59. The molecule has 104 valence electrons. The van der Waals surface area contributed by atoms with Crippen molar-refractivity contribution in [2.24, 2.45) is 0 Å².